The number of phenols is 1. The number of hydrogen-bond acceptors (Lipinski definition) is 5. The third-order valence-corrected chi connectivity index (χ3v) is 3.64. The van der Waals surface area contributed by atoms with E-state index < -0.39 is 0 Å². The second kappa shape index (κ2) is 7.11. The highest BCUT2D eigenvalue weighted by atomic mass is 16.3. The van der Waals surface area contributed by atoms with Crippen LogP contribution in [0.2, 0.25) is 0 Å². The Kier molecular flexibility index (Phi) is 4.72. The molecule has 3 N–H and O–H groups in total. The average Bonchev–Trinajstić information content (AvgIpc) is 2.62. The third kappa shape index (κ3) is 3.81. The molecule has 0 spiro atoms. The van der Waals surface area contributed by atoms with E-state index in [0.29, 0.717) is 17.2 Å². The Bertz CT molecular complexity index is 891. The SMILES string of the molecule is CC(=O)Nc1ncc(-c2ccc(CO)cc2)nc1-c1ccc(O)cc1. The molecule has 0 aliphatic rings. The molecule has 1 aromatic heterocycles. The number of aliphatic hydroxyl groups excluding tert-OH is 1. The minimum Gasteiger partial charge on any atom is -0.508 e. The molecule has 1 amide bonds. The summed E-state index contributed by atoms with van der Waals surface area (Å²) in [7, 11) is 0. The first-order valence-electron chi connectivity index (χ1n) is 7.71. The van der Waals surface area contributed by atoms with Crippen molar-refractivity contribution in [2.75, 3.05) is 5.32 Å². The first-order chi connectivity index (χ1) is 12.1. The number of carbonyl (C=O) groups is 1. The first-order valence-corrected chi connectivity index (χ1v) is 7.71. The predicted octanol–water partition coefficient (Wildman–Crippen LogP) is 2.97. The normalized spacial score (nSPS) is 10.5. The lowest BCUT2D eigenvalue weighted by atomic mass is 10.1. The molecule has 2 aromatic carbocycles. The van der Waals surface area contributed by atoms with Gasteiger partial charge in [-0.1, -0.05) is 24.3 Å². The van der Waals surface area contributed by atoms with Crippen LogP contribution < -0.4 is 5.32 Å². The third-order valence-electron chi connectivity index (χ3n) is 3.64. The Labute approximate surface area is 144 Å². The van der Waals surface area contributed by atoms with Gasteiger partial charge in [0.15, 0.2) is 5.82 Å². The van der Waals surface area contributed by atoms with Gasteiger partial charge in [-0.25, -0.2) is 9.97 Å². The zero-order valence-electron chi connectivity index (χ0n) is 13.6. The van der Waals surface area contributed by atoms with Gasteiger partial charge >= 0.3 is 0 Å². The molecule has 0 aliphatic carbocycles. The molecule has 126 valence electrons. The highest BCUT2D eigenvalue weighted by molar-refractivity contribution is 5.92. The van der Waals surface area contributed by atoms with Gasteiger partial charge in [0.05, 0.1) is 18.5 Å². The highest BCUT2D eigenvalue weighted by Gasteiger charge is 2.12. The monoisotopic (exact) mass is 335 g/mol. The van der Waals surface area contributed by atoms with Crippen molar-refractivity contribution in [1.82, 2.24) is 9.97 Å². The summed E-state index contributed by atoms with van der Waals surface area (Å²) in [5.74, 6) is 0.261. The zero-order valence-corrected chi connectivity index (χ0v) is 13.6. The first kappa shape index (κ1) is 16.6. The second-order valence-electron chi connectivity index (χ2n) is 5.54. The molecule has 0 radical (unpaired) electrons. The van der Waals surface area contributed by atoms with Crippen LogP contribution in [0.1, 0.15) is 12.5 Å². The van der Waals surface area contributed by atoms with Crippen LogP contribution >= 0.6 is 0 Å². The molecule has 0 unspecified atom stereocenters. The van der Waals surface area contributed by atoms with Crippen LogP contribution in [0.25, 0.3) is 22.5 Å². The van der Waals surface area contributed by atoms with Crippen molar-refractivity contribution in [3.8, 4) is 28.3 Å². The molecule has 0 saturated carbocycles. The lowest BCUT2D eigenvalue weighted by molar-refractivity contribution is -0.114. The van der Waals surface area contributed by atoms with Crippen LogP contribution in [0, 0.1) is 0 Å². The fraction of sp³-hybridized carbons (Fsp3) is 0.105. The van der Waals surface area contributed by atoms with Crippen molar-refractivity contribution >= 4 is 11.7 Å². The molecule has 0 fully saturated rings. The standard InChI is InChI=1S/C19H17N3O3/c1-12(24)21-19-18(15-6-8-16(25)9-7-15)22-17(10-20-19)14-4-2-13(11-23)3-5-14/h2-10,23,25H,11H2,1H3,(H,20,21,24). The quantitative estimate of drug-likeness (QED) is 0.681. The second-order valence-corrected chi connectivity index (χ2v) is 5.54. The molecule has 0 aliphatic heterocycles. The lowest BCUT2D eigenvalue weighted by Crippen LogP contribution is -2.10. The zero-order chi connectivity index (χ0) is 17.8. The number of anilines is 1. The Morgan fingerprint density at radius 1 is 1.04 bits per heavy atom. The van der Waals surface area contributed by atoms with Gasteiger partial charge in [0, 0.05) is 18.1 Å². The minimum atomic E-state index is -0.241. The lowest BCUT2D eigenvalue weighted by Gasteiger charge is -2.11. The molecular formula is C19H17N3O3. The van der Waals surface area contributed by atoms with Gasteiger partial charge < -0.3 is 15.5 Å². The molecule has 6 nitrogen and oxygen atoms in total. The number of aromatic nitrogens is 2. The average molecular weight is 335 g/mol. The number of carbonyl (C=O) groups excluding carboxylic acids is 1. The topological polar surface area (TPSA) is 95.3 Å². The van der Waals surface area contributed by atoms with E-state index in [9.17, 15) is 9.90 Å². The Morgan fingerprint density at radius 3 is 2.28 bits per heavy atom. The van der Waals surface area contributed by atoms with Crippen LogP contribution in [0.4, 0.5) is 5.82 Å². The summed E-state index contributed by atoms with van der Waals surface area (Å²) in [5.41, 5.74) is 3.54. The molecule has 0 atom stereocenters. The van der Waals surface area contributed by atoms with E-state index in [1.165, 1.54) is 6.92 Å². The van der Waals surface area contributed by atoms with Gasteiger partial charge in [-0.05, 0) is 29.8 Å². The Hall–Kier alpha value is -3.25. The summed E-state index contributed by atoms with van der Waals surface area (Å²) in [5, 5.41) is 21.3. The maximum Gasteiger partial charge on any atom is 0.222 e. The smallest absolute Gasteiger partial charge is 0.222 e. The summed E-state index contributed by atoms with van der Waals surface area (Å²) in [6.07, 6.45) is 1.59. The van der Waals surface area contributed by atoms with E-state index in [1.807, 2.05) is 24.3 Å². The number of aromatic hydroxyl groups is 1. The van der Waals surface area contributed by atoms with Crippen LogP contribution in [-0.4, -0.2) is 26.1 Å². The predicted molar refractivity (Wildman–Crippen MR) is 94.8 cm³/mol. The van der Waals surface area contributed by atoms with E-state index in [1.54, 1.807) is 30.5 Å². The van der Waals surface area contributed by atoms with Crippen molar-refractivity contribution < 1.29 is 15.0 Å². The van der Waals surface area contributed by atoms with Gasteiger partial charge in [0.25, 0.3) is 0 Å². The molecule has 0 bridgehead atoms. The Morgan fingerprint density at radius 2 is 1.68 bits per heavy atom. The summed E-state index contributed by atoms with van der Waals surface area (Å²) < 4.78 is 0. The maximum absolute atomic E-state index is 11.4. The molecule has 1 heterocycles. The fourth-order valence-electron chi connectivity index (χ4n) is 2.39. The van der Waals surface area contributed by atoms with Crippen molar-refractivity contribution in [3.63, 3.8) is 0 Å². The summed E-state index contributed by atoms with van der Waals surface area (Å²) in [6.45, 7) is 1.38. The minimum absolute atomic E-state index is 0.0216. The molecule has 3 aromatic rings. The van der Waals surface area contributed by atoms with E-state index in [-0.39, 0.29) is 18.3 Å². The maximum atomic E-state index is 11.4. The van der Waals surface area contributed by atoms with Gasteiger partial charge in [-0.3, -0.25) is 4.79 Å². The number of hydrogen-bond donors (Lipinski definition) is 3. The van der Waals surface area contributed by atoms with Crippen LogP contribution in [0.15, 0.2) is 54.7 Å². The van der Waals surface area contributed by atoms with Crippen LogP contribution in [0.3, 0.4) is 0 Å². The van der Waals surface area contributed by atoms with Crippen molar-refractivity contribution in [1.29, 1.82) is 0 Å². The number of amides is 1. The van der Waals surface area contributed by atoms with E-state index in [0.717, 1.165) is 16.7 Å². The molecule has 6 heteroatoms. The number of rotatable bonds is 4. The largest absolute Gasteiger partial charge is 0.508 e. The summed E-state index contributed by atoms with van der Waals surface area (Å²) in [6, 6.07) is 13.9. The molecule has 0 saturated heterocycles. The number of benzene rings is 2. The van der Waals surface area contributed by atoms with E-state index in [4.69, 9.17) is 5.11 Å². The fourth-order valence-corrected chi connectivity index (χ4v) is 2.39. The number of nitrogens with zero attached hydrogens (tertiary/aromatic N) is 2. The molecule has 3 rings (SSSR count). The van der Waals surface area contributed by atoms with Gasteiger partial charge in [-0.2, -0.15) is 0 Å². The van der Waals surface area contributed by atoms with Gasteiger partial charge in [0.2, 0.25) is 5.91 Å². The van der Waals surface area contributed by atoms with E-state index >= 15 is 0 Å². The summed E-state index contributed by atoms with van der Waals surface area (Å²) >= 11 is 0. The van der Waals surface area contributed by atoms with Crippen LogP contribution in [-0.2, 0) is 11.4 Å². The van der Waals surface area contributed by atoms with Gasteiger partial charge in [0.1, 0.15) is 11.4 Å². The van der Waals surface area contributed by atoms with Gasteiger partial charge in [-0.15, -0.1) is 0 Å². The summed E-state index contributed by atoms with van der Waals surface area (Å²) in [4.78, 5) is 20.4. The van der Waals surface area contributed by atoms with E-state index in [2.05, 4.69) is 15.3 Å². The number of nitrogens with one attached hydrogen (secondary N) is 1. The molecule has 25 heavy (non-hydrogen) atoms. The van der Waals surface area contributed by atoms with Crippen molar-refractivity contribution in [2.24, 2.45) is 0 Å². The number of aliphatic hydroxyl groups is 1. The highest BCUT2D eigenvalue weighted by Crippen LogP contribution is 2.29. The van der Waals surface area contributed by atoms with Crippen molar-refractivity contribution in [2.45, 2.75) is 13.5 Å². The van der Waals surface area contributed by atoms with Crippen LogP contribution in [0.5, 0.6) is 5.75 Å². The van der Waals surface area contributed by atoms with Crippen molar-refractivity contribution in [3.05, 3.63) is 60.3 Å². The number of phenolic OH excluding ortho intramolecular Hbond substituents is 1. The molecular weight excluding hydrogens is 318 g/mol. The Balaban J connectivity index is 2.08.